The van der Waals surface area contributed by atoms with Gasteiger partial charge in [-0.25, -0.2) is 0 Å². The Bertz CT molecular complexity index is 871. The van der Waals surface area contributed by atoms with Crippen LogP contribution in [-0.2, 0) is 11.2 Å². The van der Waals surface area contributed by atoms with Crippen LogP contribution >= 0.6 is 0 Å². The van der Waals surface area contributed by atoms with Gasteiger partial charge in [0.15, 0.2) is 6.10 Å². The number of fused-ring (bicyclic) bond motifs is 1. The number of nitriles is 1. The Labute approximate surface area is 158 Å². The van der Waals surface area contributed by atoms with Gasteiger partial charge in [-0.3, -0.25) is 4.79 Å². The summed E-state index contributed by atoms with van der Waals surface area (Å²) in [5.74, 6) is 1.61. The van der Waals surface area contributed by atoms with Gasteiger partial charge < -0.3 is 19.5 Å². The van der Waals surface area contributed by atoms with E-state index in [2.05, 4.69) is 5.32 Å². The Morgan fingerprint density at radius 2 is 2.11 bits per heavy atom. The number of nitrogens with one attached hydrogen (secondary N) is 1. The van der Waals surface area contributed by atoms with Crippen molar-refractivity contribution in [2.45, 2.75) is 39.4 Å². The molecule has 6 heteroatoms. The van der Waals surface area contributed by atoms with E-state index < -0.39 is 6.10 Å². The molecule has 0 saturated carbocycles. The molecule has 1 heterocycles. The van der Waals surface area contributed by atoms with Gasteiger partial charge >= 0.3 is 0 Å². The molecule has 0 fully saturated rings. The van der Waals surface area contributed by atoms with E-state index in [0.717, 1.165) is 17.7 Å². The molecule has 0 bridgehead atoms. The molecule has 2 atom stereocenters. The van der Waals surface area contributed by atoms with Crippen molar-refractivity contribution in [1.82, 2.24) is 0 Å². The summed E-state index contributed by atoms with van der Waals surface area (Å²) >= 11 is 0. The summed E-state index contributed by atoms with van der Waals surface area (Å²) in [6.07, 6.45) is 0.210. The highest BCUT2D eigenvalue weighted by atomic mass is 16.5. The zero-order valence-corrected chi connectivity index (χ0v) is 15.6. The molecule has 0 unspecified atom stereocenters. The standard InChI is InChI=1S/C21H22N2O4/c1-4-25-20-10-16-9-13(2)26-19(16)11-18(20)23-21(24)14(3)27-17-7-5-15(12-22)6-8-17/h5-8,10-11,13-14H,4,9H2,1-3H3,(H,23,24)/t13-,14+/m0/s1. The maximum absolute atomic E-state index is 12.6. The Hall–Kier alpha value is -3.20. The molecule has 1 aliphatic heterocycles. The van der Waals surface area contributed by atoms with E-state index in [1.807, 2.05) is 26.0 Å². The van der Waals surface area contributed by atoms with Crippen LogP contribution in [0.5, 0.6) is 17.2 Å². The van der Waals surface area contributed by atoms with Gasteiger partial charge in [0.2, 0.25) is 0 Å². The summed E-state index contributed by atoms with van der Waals surface area (Å²) in [6, 6.07) is 12.4. The number of hydrogen-bond acceptors (Lipinski definition) is 5. The number of amides is 1. The highest BCUT2D eigenvalue weighted by Gasteiger charge is 2.24. The number of rotatable bonds is 6. The summed E-state index contributed by atoms with van der Waals surface area (Å²) in [7, 11) is 0. The van der Waals surface area contributed by atoms with Crippen molar-refractivity contribution in [3.05, 3.63) is 47.5 Å². The van der Waals surface area contributed by atoms with Crippen LogP contribution in [0.15, 0.2) is 36.4 Å². The lowest BCUT2D eigenvalue weighted by Crippen LogP contribution is -2.30. The second-order valence-electron chi connectivity index (χ2n) is 6.41. The second kappa shape index (κ2) is 8.00. The van der Waals surface area contributed by atoms with Crippen LogP contribution in [-0.4, -0.2) is 24.7 Å². The van der Waals surface area contributed by atoms with Crippen LogP contribution < -0.4 is 19.5 Å². The molecule has 0 spiro atoms. The lowest BCUT2D eigenvalue weighted by atomic mass is 10.1. The summed E-state index contributed by atoms with van der Waals surface area (Å²) in [4.78, 5) is 12.6. The summed E-state index contributed by atoms with van der Waals surface area (Å²) in [5.41, 5.74) is 2.17. The number of carbonyl (C=O) groups is 1. The van der Waals surface area contributed by atoms with E-state index in [0.29, 0.717) is 29.4 Å². The molecule has 0 saturated heterocycles. The van der Waals surface area contributed by atoms with Crippen molar-refractivity contribution in [3.8, 4) is 23.3 Å². The number of nitrogens with zero attached hydrogens (tertiary/aromatic N) is 1. The van der Waals surface area contributed by atoms with Gasteiger partial charge in [0.05, 0.1) is 23.9 Å². The van der Waals surface area contributed by atoms with Crippen LogP contribution in [0, 0.1) is 11.3 Å². The Morgan fingerprint density at radius 3 is 2.78 bits per heavy atom. The Balaban J connectivity index is 1.72. The fraction of sp³-hybridized carbons (Fsp3) is 0.333. The first kappa shape index (κ1) is 18.6. The first-order chi connectivity index (χ1) is 13.0. The number of carbonyl (C=O) groups excluding carboxylic acids is 1. The Morgan fingerprint density at radius 1 is 1.37 bits per heavy atom. The largest absolute Gasteiger partial charge is 0.492 e. The van der Waals surface area contributed by atoms with Crippen molar-refractivity contribution in [3.63, 3.8) is 0 Å². The van der Waals surface area contributed by atoms with Crippen LogP contribution in [0.1, 0.15) is 31.9 Å². The molecule has 0 radical (unpaired) electrons. The van der Waals surface area contributed by atoms with Crippen molar-refractivity contribution in [2.24, 2.45) is 0 Å². The maximum atomic E-state index is 12.6. The highest BCUT2D eigenvalue weighted by molar-refractivity contribution is 5.95. The fourth-order valence-electron chi connectivity index (χ4n) is 2.91. The molecule has 1 aliphatic rings. The molecule has 2 aromatic carbocycles. The molecular formula is C21H22N2O4. The summed E-state index contributed by atoms with van der Waals surface area (Å²) in [5, 5.41) is 11.7. The van der Waals surface area contributed by atoms with Crippen molar-refractivity contribution in [2.75, 3.05) is 11.9 Å². The molecule has 27 heavy (non-hydrogen) atoms. The summed E-state index contributed by atoms with van der Waals surface area (Å²) in [6.45, 7) is 6.07. The van der Waals surface area contributed by atoms with Gasteiger partial charge in [-0.15, -0.1) is 0 Å². The molecule has 0 aliphatic carbocycles. The van der Waals surface area contributed by atoms with E-state index in [1.165, 1.54) is 0 Å². The smallest absolute Gasteiger partial charge is 0.265 e. The van der Waals surface area contributed by atoms with Gasteiger partial charge in [0.1, 0.15) is 23.4 Å². The molecule has 1 N–H and O–H groups in total. The van der Waals surface area contributed by atoms with Gasteiger partial charge in [0.25, 0.3) is 5.91 Å². The average Bonchev–Trinajstić information content (AvgIpc) is 3.01. The first-order valence-corrected chi connectivity index (χ1v) is 8.94. The maximum Gasteiger partial charge on any atom is 0.265 e. The third-order valence-electron chi connectivity index (χ3n) is 4.22. The third kappa shape index (κ3) is 4.32. The molecule has 140 valence electrons. The van der Waals surface area contributed by atoms with Crippen molar-refractivity contribution < 1.29 is 19.0 Å². The van der Waals surface area contributed by atoms with E-state index in [-0.39, 0.29) is 12.0 Å². The number of benzene rings is 2. The lowest BCUT2D eigenvalue weighted by molar-refractivity contribution is -0.122. The normalized spacial score (nSPS) is 15.9. The second-order valence-corrected chi connectivity index (χ2v) is 6.41. The van der Waals surface area contributed by atoms with Gasteiger partial charge in [-0.05, 0) is 51.1 Å². The van der Waals surface area contributed by atoms with Crippen LogP contribution in [0.4, 0.5) is 5.69 Å². The molecule has 1 amide bonds. The predicted molar refractivity (Wildman–Crippen MR) is 101 cm³/mol. The number of ether oxygens (including phenoxy) is 3. The monoisotopic (exact) mass is 366 g/mol. The predicted octanol–water partition coefficient (Wildman–Crippen LogP) is 3.69. The minimum atomic E-state index is -0.722. The topological polar surface area (TPSA) is 80.6 Å². The number of anilines is 1. The zero-order chi connectivity index (χ0) is 19.4. The third-order valence-corrected chi connectivity index (χ3v) is 4.22. The van der Waals surface area contributed by atoms with Crippen LogP contribution in [0.25, 0.3) is 0 Å². The Kier molecular flexibility index (Phi) is 5.51. The SMILES string of the molecule is CCOc1cc2c(cc1NC(=O)[C@@H](C)Oc1ccc(C#N)cc1)O[C@@H](C)C2. The molecule has 2 aromatic rings. The van der Waals surface area contributed by atoms with E-state index in [9.17, 15) is 4.79 Å². The van der Waals surface area contributed by atoms with Crippen molar-refractivity contribution in [1.29, 1.82) is 5.26 Å². The van der Waals surface area contributed by atoms with Crippen molar-refractivity contribution >= 4 is 11.6 Å². The highest BCUT2D eigenvalue weighted by Crippen LogP contribution is 2.38. The van der Waals surface area contributed by atoms with Gasteiger partial charge in [-0.1, -0.05) is 0 Å². The van der Waals surface area contributed by atoms with E-state index in [4.69, 9.17) is 19.5 Å². The minimum absolute atomic E-state index is 0.110. The van der Waals surface area contributed by atoms with Gasteiger partial charge in [-0.2, -0.15) is 5.26 Å². The fourth-order valence-corrected chi connectivity index (χ4v) is 2.91. The van der Waals surface area contributed by atoms with Crippen LogP contribution in [0.2, 0.25) is 0 Å². The quantitative estimate of drug-likeness (QED) is 0.843. The van der Waals surface area contributed by atoms with Gasteiger partial charge in [0, 0.05) is 18.1 Å². The minimum Gasteiger partial charge on any atom is -0.492 e. The molecule has 0 aromatic heterocycles. The zero-order valence-electron chi connectivity index (χ0n) is 15.6. The average molecular weight is 366 g/mol. The summed E-state index contributed by atoms with van der Waals surface area (Å²) < 4.78 is 17.1. The first-order valence-electron chi connectivity index (χ1n) is 8.94. The molecule has 6 nitrogen and oxygen atoms in total. The van der Waals surface area contributed by atoms with E-state index in [1.54, 1.807) is 37.3 Å². The molecular weight excluding hydrogens is 344 g/mol. The number of hydrogen-bond donors (Lipinski definition) is 1. The molecule has 3 rings (SSSR count). The lowest BCUT2D eigenvalue weighted by Gasteiger charge is -2.17. The van der Waals surface area contributed by atoms with E-state index >= 15 is 0 Å². The van der Waals surface area contributed by atoms with Crippen LogP contribution in [0.3, 0.4) is 0 Å².